The number of imide groups is 1. The summed E-state index contributed by atoms with van der Waals surface area (Å²) >= 11 is 0. The second kappa shape index (κ2) is 7.31. The molecule has 2 aliphatic heterocycles. The maximum atomic E-state index is 12.7. The van der Waals surface area contributed by atoms with Crippen LogP contribution >= 0.6 is 0 Å². The van der Waals surface area contributed by atoms with Crippen molar-refractivity contribution in [1.82, 2.24) is 15.5 Å². The molecule has 1 aromatic rings. The van der Waals surface area contributed by atoms with E-state index in [1.54, 1.807) is 11.0 Å². The van der Waals surface area contributed by atoms with E-state index in [9.17, 15) is 14.4 Å². The molecule has 1 saturated heterocycles. The summed E-state index contributed by atoms with van der Waals surface area (Å²) in [5.74, 6) is -0.0544. The monoisotopic (exact) mass is 371 g/mol. The molecule has 2 N–H and O–H groups in total. The van der Waals surface area contributed by atoms with Crippen molar-refractivity contribution in [3.63, 3.8) is 0 Å². The van der Waals surface area contributed by atoms with Gasteiger partial charge in [0.25, 0.3) is 5.91 Å². The molecule has 7 heteroatoms. The zero-order valence-electron chi connectivity index (χ0n) is 15.5. The Morgan fingerprint density at radius 3 is 2.74 bits per heavy atom. The summed E-state index contributed by atoms with van der Waals surface area (Å²) in [4.78, 5) is 37.8. The maximum Gasteiger partial charge on any atom is 0.255 e. The van der Waals surface area contributed by atoms with E-state index in [2.05, 4.69) is 10.6 Å². The van der Waals surface area contributed by atoms with Crippen LogP contribution in [0.25, 0.3) is 0 Å². The standard InChI is InChI=1S/C20H25N3O4/c1-21-15-4-2-3-5-17(15)27-13-6-7-14-12(10-13)11-23(20(14)26)16-8-9-18(24)22-19(16)25/h6-7,10,15-17,21H,2-5,8-9,11H2,1H3,(H,22,24,25). The molecule has 144 valence electrons. The van der Waals surface area contributed by atoms with Crippen LogP contribution in [-0.4, -0.2) is 47.9 Å². The van der Waals surface area contributed by atoms with Crippen molar-refractivity contribution in [2.24, 2.45) is 0 Å². The number of hydrogen-bond acceptors (Lipinski definition) is 5. The van der Waals surface area contributed by atoms with Crippen LogP contribution in [0.15, 0.2) is 18.2 Å². The lowest BCUT2D eigenvalue weighted by atomic mass is 9.92. The van der Waals surface area contributed by atoms with Crippen LogP contribution in [0.5, 0.6) is 5.75 Å². The van der Waals surface area contributed by atoms with Crippen molar-refractivity contribution < 1.29 is 19.1 Å². The largest absolute Gasteiger partial charge is 0.489 e. The Balaban J connectivity index is 1.49. The van der Waals surface area contributed by atoms with E-state index in [-0.39, 0.29) is 30.2 Å². The van der Waals surface area contributed by atoms with Crippen LogP contribution < -0.4 is 15.4 Å². The quantitative estimate of drug-likeness (QED) is 0.781. The van der Waals surface area contributed by atoms with E-state index in [0.717, 1.165) is 30.6 Å². The van der Waals surface area contributed by atoms with Crippen LogP contribution in [0.1, 0.15) is 54.4 Å². The summed E-state index contributed by atoms with van der Waals surface area (Å²) < 4.78 is 6.22. The molecule has 1 aliphatic carbocycles. The number of carbonyl (C=O) groups is 3. The minimum absolute atomic E-state index is 0.130. The first kappa shape index (κ1) is 18.0. The molecule has 3 amide bonds. The molecule has 7 nitrogen and oxygen atoms in total. The highest BCUT2D eigenvalue weighted by molar-refractivity contribution is 6.05. The van der Waals surface area contributed by atoms with Gasteiger partial charge in [-0.25, -0.2) is 0 Å². The number of piperidine rings is 1. The molecule has 1 aromatic carbocycles. The van der Waals surface area contributed by atoms with Crippen LogP contribution in [0.3, 0.4) is 0 Å². The molecular formula is C20H25N3O4. The summed E-state index contributed by atoms with van der Waals surface area (Å²) in [7, 11) is 1.96. The molecule has 3 aliphatic rings. The SMILES string of the molecule is CNC1CCCCC1Oc1ccc2c(c1)CN(C1CCC(=O)NC1=O)C2=O. The van der Waals surface area contributed by atoms with E-state index in [1.807, 2.05) is 19.2 Å². The fourth-order valence-corrected chi connectivity index (χ4v) is 4.37. The topological polar surface area (TPSA) is 87.7 Å². The highest BCUT2D eigenvalue weighted by atomic mass is 16.5. The van der Waals surface area contributed by atoms with Gasteiger partial charge in [-0.1, -0.05) is 6.42 Å². The highest BCUT2D eigenvalue weighted by Crippen LogP contribution is 2.31. The summed E-state index contributed by atoms with van der Waals surface area (Å²) in [6.45, 7) is 0.373. The average Bonchev–Trinajstić information content (AvgIpc) is 2.98. The molecule has 0 bridgehead atoms. The van der Waals surface area contributed by atoms with Crippen LogP contribution in [0, 0.1) is 0 Å². The number of hydrogen-bond donors (Lipinski definition) is 2. The molecule has 0 spiro atoms. The lowest BCUT2D eigenvalue weighted by Gasteiger charge is -2.31. The minimum atomic E-state index is -0.584. The first-order valence-electron chi connectivity index (χ1n) is 9.68. The zero-order chi connectivity index (χ0) is 19.0. The highest BCUT2D eigenvalue weighted by Gasteiger charge is 2.39. The Bertz CT molecular complexity index is 778. The van der Waals surface area contributed by atoms with Gasteiger partial charge < -0.3 is 15.0 Å². The van der Waals surface area contributed by atoms with E-state index >= 15 is 0 Å². The third kappa shape index (κ3) is 3.43. The van der Waals surface area contributed by atoms with E-state index in [4.69, 9.17) is 4.74 Å². The van der Waals surface area contributed by atoms with Gasteiger partial charge in [0.15, 0.2) is 0 Å². The molecule has 2 fully saturated rings. The van der Waals surface area contributed by atoms with Crippen molar-refractivity contribution in [2.45, 2.75) is 63.3 Å². The number of benzene rings is 1. The van der Waals surface area contributed by atoms with Gasteiger partial charge >= 0.3 is 0 Å². The summed E-state index contributed by atoms with van der Waals surface area (Å²) in [5, 5.41) is 5.66. The molecule has 3 unspecified atom stereocenters. The van der Waals surface area contributed by atoms with Gasteiger partial charge in [0.1, 0.15) is 17.9 Å². The van der Waals surface area contributed by atoms with Crippen molar-refractivity contribution in [1.29, 1.82) is 0 Å². The normalized spacial score (nSPS) is 28.1. The molecule has 3 atom stereocenters. The third-order valence-corrected chi connectivity index (χ3v) is 5.86. The number of fused-ring (bicyclic) bond motifs is 1. The molecule has 2 heterocycles. The van der Waals surface area contributed by atoms with Crippen molar-refractivity contribution in [2.75, 3.05) is 7.05 Å². The number of carbonyl (C=O) groups excluding carboxylic acids is 3. The van der Waals surface area contributed by atoms with Crippen LogP contribution in [-0.2, 0) is 16.1 Å². The maximum absolute atomic E-state index is 12.7. The Kier molecular flexibility index (Phi) is 4.86. The lowest BCUT2D eigenvalue weighted by molar-refractivity contribution is -0.136. The van der Waals surface area contributed by atoms with E-state index < -0.39 is 6.04 Å². The Morgan fingerprint density at radius 1 is 1.15 bits per heavy atom. The Morgan fingerprint density at radius 2 is 1.96 bits per heavy atom. The van der Waals surface area contributed by atoms with Crippen LogP contribution in [0.4, 0.5) is 0 Å². The predicted octanol–water partition coefficient (Wildman–Crippen LogP) is 1.36. The fraction of sp³-hybridized carbons (Fsp3) is 0.550. The molecule has 0 aromatic heterocycles. The fourth-order valence-electron chi connectivity index (χ4n) is 4.37. The average molecular weight is 371 g/mol. The Labute approximate surface area is 158 Å². The van der Waals surface area contributed by atoms with E-state index in [0.29, 0.717) is 24.6 Å². The molecule has 0 radical (unpaired) electrons. The number of nitrogens with one attached hydrogen (secondary N) is 2. The zero-order valence-corrected chi connectivity index (χ0v) is 15.5. The van der Waals surface area contributed by atoms with Gasteiger partial charge in [0.2, 0.25) is 11.8 Å². The van der Waals surface area contributed by atoms with Crippen LogP contribution in [0.2, 0.25) is 0 Å². The van der Waals surface area contributed by atoms with Crippen molar-refractivity contribution in [3.05, 3.63) is 29.3 Å². The summed E-state index contributed by atoms with van der Waals surface area (Å²) in [5.41, 5.74) is 1.49. The van der Waals surface area contributed by atoms with Gasteiger partial charge in [-0.3, -0.25) is 19.7 Å². The second-order valence-corrected chi connectivity index (χ2v) is 7.55. The van der Waals surface area contributed by atoms with Crippen molar-refractivity contribution in [3.8, 4) is 5.75 Å². The molecule has 4 rings (SSSR count). The van der Waals surface area contributed by atoms with Gasteiger partial charge in [0.05, 0.1) is 0 Å². The molecular weight excluding hydrogens is 346 g/mol. The predicted molar refractivity (Wildman–Crippen MR) is 98.2 cm³/mol. The number of ether oxygens (including phenoxy) is 1. The lowest BCUT2D eigenvalue weighted by Crippen LogP contribution is -2.52. The first-order valence-corrected chi connectivity index (χ1v) is 9.68. The third-order valence-electron chi connectivity index (χ3n) is 5.86. The minimum Gasteiger partial charge on any atom is -0.489 e. The number of nitrogens with zero attached hydrogens (tertiary/aromatic N) is 1. The smallest absolute Gasteiger partial charge is 0.255 e. The van der Waals surface area contributed by atoms with Gasteiger partial charge in [-0.05, 0) is 56.5 Å². The molecule has 27 heavy (non-hydrogen) atoms. The van der Waals surface area contributed by atoms with Crippen molar-refractivity contribution >= 4 is 17.7 Å². The second-order valence-electron chi connectivity index (χ2n) is 7.55. The summed E-state index contributed by atoms with van der Waals surface area (Å²) in [6, 6.07) is 5.30. The van der Waals surface area contributed by atoms with Gasteiger partial charge in [-0.2, -0.15) is 0 Å². The summed E-state index contributed by atoms with van der Waals surface area (Å²) in [6.07, 6.45) is 5.26. The number of rotatable bonds is 4. The first-order chi connectivity index (χ1) is 13.1. The Hall–Kier alpha value is -2.41. The van der Waals surface area contributed by atoms with Gasteiger partial charge in [-0.15, -0.1) is 0 Å². The number of amides is 3. The van der Waals surface area contributed by atoms with E-state index in [1.165, 1.54) is 6.42 Å². The number of likely N-dealkylation sites (N-methyl/N-ethyl adjacent to an activating group) is 1. The molecule has 1 saturated carbocycles. The van der Waals surface area contributed by atoms with Gasteiger partial charge in [0, 0.05) is 24.6 Å².